The summed E-state index contributed by atoms with van der Waals surface area (Å²) >= 11 is 0. The molecule has 1 aliphatic rings. The molecule has 0 aromatic heterocycles. The Morgan fingerprint density at radius 1 is 1.39 bits per heavy atom. The lowest BCUT2D eigenvalue weighted by Gasteiger charge is -2.18. The number of aryl methyl sites for hydroxylation is 1. The molecule has 3 heteroatoms. The first-order chi connectivity index (χ1) is 8.70. The Hall–Kier alpha value is -1.06. The van der Waals surface area contributed by atoms with Gasteiger partial charge in [0.05, 0.1) is 6.61 Å². The van der Waals surface area contributed by atoms with Crippen LogP contribution in [0.3, 0.4) is 0 Å². The second-order valence-electron chi connectivity index (χ2n) is 5.20. The van der Waals surface area contributed by atoms with Gasteiger partial charge in [0.15, 0.2) is 5.75 Å². The Bertz CT molecular complexity index is 392. The number of benzene rings is 1. The van der Waals surface area contributed by atoms with Gasteiger partial charge in [0.2, 0.25) is 0 Å². The van der Waals surface area contributed by atoms with Crippen LogP contribution in [0, 0.1) is 5.92 Å². The minimum absolute atomic E-state index is 0.281. The maximum Gasteiger partial charge on any atom is 0.168 e. The molecule has 0 aliphatic carbocycles. The van der Waals surface area contributed by atoms with Crippen LogP contribution in [0.5, 0.6) is 5.75 Å². The van der Waals surface area contributed by atoms with Crippen LogP contribution < -0.4 is 10.6 Å². The van der Waals surface area contributed by atoms with E-state index in [0.29, 0.717) is 12.5 Å². The zero-order valence-corrected chi connectivity index (χ0v) is 11.3. The van der Waals surface area contributed by atoms with E-state index in [1.54, 1.807) is 0 Å². The molecule has 0 bridgehead atoms. The molecule has 18 heavy (non-hydrogen) atoms. The van der Waals surface area contributed by atoms with Gasteiger partial charge in [0.1, 0.15) is 0 Å². The normalized spacial score (nSPS) is 18.4. The average Bonchev–Trinajstić information content (AvgIpc) is 2.62. The lowest BCUT2D eigenvalue weighted by molar-refractivity contribution is -0.203. The molecule has 2 N–H and O–H groups in total. The Balaban J connectivity index is 2.08. The third-order valence-electron chi connectivity index (χ3n) is 3.71. The van der Waals surface area contributed by atoms with Gasteiger partial charge in [0.25, 0.3) is 0 Å². The fraction of sp³-hybridized carbons (Fsp3) is 0.600. The molecule has 1 aromatic rings. The van der Waals surface area contributed by atoms with E-state index >= 15 is 0 Å². The summed E-state index contributed by atoms with van der Waals surface area (Å²) in [5.41, 5.74) is 8.68. The van der Waals surface area contributed by atoms with Crippen molar-refractivity contribution in [1.29, 1.82) is 0 Å². The van der Waals surface area contributed by atoms with Crippen molar-refractivity contribution in [3.63, 3.8) is 0 Å². The molecule has 3 nitrogen and oxygen atoms in total. The molecular formula is C15H23NO2. The quantitative estimate of drug-likeness (QED) is 0.834. The molecule has 0 spiro atoms. The van der Waals surface area contributed by atoms with E-state index in [1.807, 2.05) is 6.07 Å². The summed E-state index contributed by atoms with van der Waals surface area (Å²) in [5, 5.41) is 0. The number of hydrogen-bond donors (Lipinski definition) is 1. The highest BCUT2D eigenvalue weighted by molar-refractivity contribution is 5.37. The fourth-order valence-corrected chi connectivity index (χ4v) is 2.39. The van der Waals surface area contributed by atoms with E-state index in [4.69, 9.17) is 15.5 Å². The molecule has 100 valence electrons. The number of nitrogens with two attached hydrogens (primary N) is 1. The number of fused-ring (bicyclic) bond motifs is 1. The average molecular weight is 249 g/mol. The van der Waals surface area contributed by atoms with Crippen molar-refractivity contribution in [2.45, 2.75) is 45.6 Å². The monoisotopic (exact) mass is 249 g/mol. The van der Waals surface area contributed by atoms with E-state index in [9.17, 15) is 0 Å². The van der Waals surface area contributed by atoms with Gasteiger partial charge in [-0.1, -0.05) is 26.0 Å². The van der Waals surface area contributed by atoms with Crippen molar-refractivity contribution in [3.05, 3.63) is 29.3 Å². The summed E-state index contributed by atoms with van der Waals surface area (Å²) in [7, 11) is 0. The second kappa shape index (κ2) is 6.21. The summed E-state index contributed by atoms with van der Waals surface area (Å²) in [4.78, 5) is 10.3. The zero-order chi connectivity index (χ0) is 13.0. The molecule has 2 unspecified atom stereocenters. The molecule has 0 radical (unpaired) electrons. The van der Waals surface area contributed by atoms with Gasteiger partial charge in [-0.3, -0.25) is 0 Å². The van der Waals surface area contributed by atoms with Crippen LogP contribution in [0.15, 0.2) is 18.2 Å². The molecule has 1 aliphatic heterocycles. The SMILES string of the molecule is CCC(N)C(C)Cc1ccc2c(c1)CCCOO2. The highest BCUT2D eigenvalue weighted by atomic mass is 17.2. The van der Waals surface area contributed by atoms with Crippen molar-refractivity contribution in [3.8, 4) is 5.75 Å². The second-order valence-corrected chi connectivity index (χ2v) is 5.20. The summed E-state index contributed by atoms with van der Waals surface area (Å²) in [6, 6.07) is 6.65. The molecule has 0 saturated carbocycles. The Labute approximate surface area is 109 Å². The fourth-order valence-electron chi connectivity index (χ4n) is 2.39. The molecule has 1 heterocycles. The van der Waals surface area contributed by atoms with Crippen molar-refractivity contribution in [2.75, 3.05) is 6.61 Å². The first kappa shape index (κ1) is 13.4. The lowest BCUT2D eigenvalue weighted by atomic mass is 9.92. The zero-order valence-electron chi connectivity index (χ0n) is 11.3. The summed E-state index contributed by atoms with van der Waals surface area (Å²) in [6.07, 6.45) is 4.10. The van der Waals surface area contributed by atoms with Crippen LogP contribution in [0.1, 0.15) is 37.8 Å². The van der Waals surface area contributed by atoms with E-state index in [-0.39, 0.29) is 6.04 Å². The van der Waals surface area contributed by atoms with Crippen molar-refractivity contribution >= 4 is 0 Å². The molecule has 2 atom stereocenters. The third kappa shape index (κ3) is 3.24. The van der Waals surface area contributed by atoms with Crippen molar-refractivity contribution < 1.29 is 9.78 Å². The molecule has 0 amide bonds. The molecule has 0 saturated heterocycles. The minimum atomic E-state index is 0.281. The minimum Gasteiger partial charge on any atom is -0.337 e. The predicted octanol–water partition coefficient (Wildman–Crippen LogP) is 2.86. The van der Waals surface area contributed by atoms with Gasteiger partial charge in [-0.05, 0) is 48.8 Å². The highest BCUT2D eigenvalue weighted by Gasteiger charge is 2.14. The van der Waals surface area contributed by atoms with Gasteiger partial charge in [0, 0.05) is 6.04 Å². The van der Waals surface area contributed by atoms with Crippen LogP contribution >= 0.6 is 0 Å². The smallest absolute Gasteiger partial charge is 0.168 e. The van der Waals surface area contributed by atoms with Gasteiger partial charge in [-0.2, -0.15) is 4.89 Å². The van der Waals surface area contributed by atoms with Crippen LogP contribution in [-0.4, -0.2) is 12.6 Å². The van der Waals surface area contributed by atoms with Gasteiger partial charge in [-0.25, -0.2) is 0 Å². The lowest BCUT2D eigenvalue weighted by Crippen LogP contribution is -2.28. The van der Waals surface area contributed by atoms with Crippen LogP contribution in [-0.2, 0) is 17.7 Å². The van der Waals surface area contributed by atoms with Crippen LogP contribution in [0.4, 0.5) is 0 Å². The van der Waals surface area contributed by atoms with Gasteiger partial charge in [-0.15, -0.1) is 0 Å². The van der Waals surface area contributed by atoms with Crippen molar-refractivity contribution in [2.24, 2.45) is 11.7 Å². The summed E-state index contributed by atoms with van der Waals surface area (Å²) in [6.45, 7) is 5.03. The van der Waals surface area contributed by atoms with E-state index < -0.39 is 0 Å². The Kier molecular flexibility index (Phi) is 4.61. The summed E-state index contributed by atoms with van der Waals surface area (Å²) in [5.74, 6) is 1.37. The third-order valence-corrected chi connectivity index (χ3v) is 3.71. The molecular weight excluding hydrogens is 226 g/mol. The summed E-state index contributed by atoms with van der Waals surface area (Å²) < 4.78 is 0. The molecule has 0 fully saturated rings. The number of rotatable bonds is 4. The van der Waals surface area contributed by atoms with Gasteiger partial charge >= 0.3 is 0 Å². The Morgan fingerprint density at radius 3 is 3.00 bits per heavy atom. The van der Waals surface area contributed by atoms with Crippen LogP contribution in [0.25, 0.3) is 0 Å². The maximum atomic E-state index is 6.08. The first-order valence-corrected chi connectivity index (χ1v) is 6.87. The van der Waals surface area contributed by atoms with E-state index in [1.165, 1.54) is 11.1 Å². The van der Waals surface area contributed by atoms with E-state index in [0.717, 1.165) is 31.4 Å². The predicted molar refractivity (Wildman–Crippen MR) is 72.5 cm³/mol. The molecule has 2 rings (SSSR count). The van der Waals surface area contributed by atoms with Gasteiger partial charge < -0.3 is 10.6 Å². The highest BCUT2D eigenvalue weighted by Crippen LogP contribution is 2.26. The maximum absolute atomic E-state index is 6.08. The Morgan fingerprint density at radius 2 is 2.22 bits per heavy atom. The van der Waals surface area contributed by atoms with Crippen molar-refractivity contribution in [1.82, 2.24) is 0 Å². The first-order valence-electron chi connectivity index (χ1n) is 6.87. The topological polar surface area (TPSA) is 44.5 Å². The van der Waals surface area contributed by atoms with E-state index in [2.05, 4.69) is 26.0 Å². The van der Waals surface area contributed by atoms with Crippen LogP contribution in [0.2, 0.25) is 0 Å². The number of hydrogen-bond acceptors (Lipinski definition) is 3. The largest absolute Gasteiger partial charge is 0.337 e. The molecule has 1 aromatic carbocycles. The standard InChI is InChI=1S/C15H23NO2/c1-3-14(16)11(2)9-12-6-7-15-13(10-12)5-4-8-17-18-15/h6-7,10-11,14H,3-5,8-9,16H2,1-2H3.